The Labute approximate surface area is 120 Å². The second-order valence-electron chi connectivity index (χ2n) is 3.99. The van der Waals surface area contributed by atoms with E-state index in [-0.39, 0.29) is 5.69 Å². The molecule has 20 heavy (non-hydrogen) atoms. The van der Waals surface area contributed by atoms with Crippen LogP contribution < -0.4 is 5.32 Å². The minimum atomic E-state index is -0.434. The van der Waals surface area contributed by atoms with Crippen molar-refractivity contribution in [2.24, 2.45) is 0 Å². The summed E-state index contributed by atoms with van der Waals surface area (Å²) in [5, 5.41) is 14.5. The van der Waals surface area contributed by atoms with E-state index < -0.39 is 4.92 Å². The van der Waals surface area contributed by atoms with Crippen molar-refractivity contribution in [3.8, 4) is 0 Å². The molecule has 0 unspecified atom stereocenters. The highest BCUT2D eigenvalue weighted by molar-refractivity contribution is 7.99. The van der Waals surface area contributed by atoms with Crippen molar-refractivity contribution in [1.82, 2.24) is 9.97 Å². The van der Waals surface area contributed by atoms with Gasteiger partial charge >= 0.3 is 5.69 Å². The second kappa shape index (κ2) is 6.33. The zero-order valence-corrected chi connectivity index (χ0v) is 12.0. The molecule has 7 heteroatoms. The summed E-state index contributed by atoms with van der Waals surface area (Å²) in [7, 11) is 0. The fraction of sp³-hybridized carbons (Fsp3) is 0.231. The number of nitro groups is 1. The summed E-state index contributed by atoms with van der Waals surface area (Å²) < 4.78 is 0. The van der Waals surface area contributed by atoms with E-state index in [2.05, 4.69) is 15.3 Å². The fourth-order valence-corrected chi connectivity index (χ4v) is 2.63. The van der Waals surface area contributed by atoms with Gasteiger partial charge in [-0.1, -0.05) is 30.0 Å². The average Bonchev–Trinajstić information content (AvgIpc) is 2.39. The molecule has 104 valence electrons. The number of hydrogen-bond donors (Lipinski definition) is 1. The van der Waals surface area contributed by atoms with E-state index >= 15 is 0 Å². The van der Waals surface area contributed by atoms with Crippen molar-refractivity contribution in [1.29, 1.82) is 0 Å². The highest BCUT2D eigenvalue weighted by Crippen LogP contribution is 2.35. The second-order valence-corrected chi connectivity index (χ2v) is 5.05. The highest BCUT2D eigenvalue weighted by atomic mass is 32.2. The molecule has 2 aromatic rings. The molecular formula is C13H14N4O2S. The first-order chi connectivity index (χ1) is 9.61. The Morgan fingerprint density at radius 2 is 2.00 bits per heavy atom. The van der Waals surface area contributed by atoms with E-state index in [1.165, 1.54) is 11.8 Å². The molecule has 1 heterocycles. The van der Waals surface area contributed by atoms with Gasteiger partial charge in [-0.25, -0.2) is 4.98 Å². The first-order valence-corrected chi connectivity index (χ1v) is 6.93. The number of aryl methyl sites for hydroxylation is 1. The normalized spacial score (nSPS) is 10.3. The van der Waals surface area contributed by atoms with E-state index in [1.807, 2.05) is 37.3 Å². The summed E-state index contributed by atoms with van der Waals surface area (Å²) in [6.07, 6.45) is 0. The van der Waals surface area contributed by atoms with E-state index in [0.717, 1.165) is 4.90 Å². The van der Waals surface area contributed by atoms with E-state index in [1.54, 1.807) is 6.92 Å². The number of nitrogens with one attached hydrogen (secondary N) is 1. The lowest BCUT2D eigenvalue weighted by Gasteiger charge is -2.07. The lowest BCUT2D eigenvalue weighted by Crippen LogP contribution is -2.07. The quantitative estimate of drug-likeness (QED) is 0.517. The molecule has 0 saturated carbocycles. The number of benzene rings is 1. The molecule has 0 radical (unpaired) electrons. The van der Waals surface area contributed by atoms with Crippen LogP contribution in [-0.4, -0.2) is 21.4 Å². The Hall–Kier alpha value is -2.15. The Kier molecular flexibility index (Phi) is 4.52. The number of rotatable bonds is 5. The topological polar surface area (TPSA) is 81.0 Å². The van der Waals surface area contributed by atoms with Crippen LogP contribution in [0.3, 0.4) is 0 Å². The van der Waals surface area contributed by atoms with Gasteiger partial charge in [0.1, 0.15) is 5.69 Å². The van der Waals surface area contributed by atoms with Crippen molar-refractivity contribution in [3.63, 3.8) is 0 Å². The number of nitrogens with zero attached hydrogens (tertiary/aromatic N) is 3. The zero-order chi connectivity index (χ0) is 14.5. The molecule has 0 spiro atoms. The summed E-state index contributed by atoms with van der Waals surface area (Å²) >= 11 is 1.26. The molecule has 0 aliphatic carbocycles. The lowest BCUT2D eigenvalue weighted by molar-refractivity contribution is -0.389. The van der Waals surface area contributed by atoms with Gasteiger partial charge in [0.15, 0.2) is 5.03 Å². The predicted molar refractivity (Wildman–Crippen MR) is 78.2 cm³/mol. The van der Waals surface area contributed by atoms with Crippen molar-refractivity contribution in [2.45, 2.75) is 23.8 Å². The molecular weight excluding hydrogens is 276 g/mol. The summed E-state index contributed by atoms with van der Waals surface area (Å²) in [5.74, 6) is 0.411. The van der Waals surface area contributed by atoms with Gasteiger partial charge in [0, 0.05) is 11.4 Å². The smallest absolute Gasteiger partial charge is 0.322 e. The van der Waals surface area contributed by atoms with E-state index in [4.69, 9.17) is 0 Å². The summed E-state index contributed by atoms with van der Waals surface area (Å²) in [6, 6.07) is 9.44. The summed E-state index contributed by atoms with van der Waals surface area (Å²) in [4.78, 5) is 20.0. The van der Waals surface area contributed by atoms with Crippen LogP contribution in [0.4, 0.5) is 11.6 Å². The van der Waals surface area contributed by atoms with Gasteiger partial charge in [-0.15, -0.1) is 0 Å². The third-order valence-electron chi connectivity index (χ3n) is 2.50. The third-order valence-corrected chi connectivity index (χ3v) is 3.49. The number of hydrogen-bond acceptors (Lipinski definition) is 6. The van der Waals surface area contributed by atoms with Crippen molar-refractivity contribution in [3.05, 3.63) is 46.1 Å². The molecule has 2 rings (SSSR count). The van der Waals surface area contributed by atoms with Gasteiger partial charge in [0.2, 0.25) is 5.95 Å². The van der Waals surface area contributed by atoms with E-state index in [9.17, 15) is 10.1 Å². The first kappa shape index (κ1) is 14.3. The molecule has 0 aliphatic heterocycles. The molecule has 0 aliphatic rings. The van der Waals surface area contributed by atoms with Crippen LogP contribution in [0.2, 0.25) is 0 Å². The third kappa shape index (κ3) is 3.24. The molecule has 0 saturated heterocycles. The Morgan fingerprint density at radius 1 is 1.30 bits per heavy atom. The standard InChI is InChI=1S/C13H14N4O2S/c1-3-14-13-15-9(2)11(17(18)19)12(16-13)20-10-7-5-4-6-8-10/h4-8H,3H2,1-2H3,(H,14,15,16). The molecule has 0 amide bonds. The number of aromatic nitrogens is 2. The maximum absolute atomic E-state index is 11.2. The molecule has 0 fully saturated rings. The van der Waals surface area contributed by atoms with Gasteiger partial charge < -0.3 is 5.32 Å². The molecule has 1 N–H and O–H groups in total. The fourth-order valence-electron chi connectivity index (χ4n) is 1.66. The van der Waals surface area contributed by atoms with Crippen LogP contribution in [0.25, 0.3) is 0 Å². The highest BCUT2D eigenvalue weighted by Gasteiger charge is 2.22. The van der Waals surface area contributed by atoms with Crippen molar-refractivity contribution >= 4 is 23.4 Å². The Bertz CT molecular complexity index is 619. The Balaban J connectivity index is 2.45. The van der Waals surface area contributed by atoms with Crippen LogP contribution in [-0.2, 0) is 0 Å². The molecule has 0 atom stereocenters. The van der Waals surface area contributed by atoms with Gasteiger partial charge in [-0.05, 0) is 26.0 Å². The lowest BCUT2D eigenvalue weighted by atomic mass is 10.4. The Morgan fingerprint density at radius 3 is 2.60 bits per heavy atom. The van der Waals surface area contributed by atoms with Crippen LogP contribution >= 0.6 is 11.8 Å². The molecule has 1 aromatic carbocycles. The van der Waals surface area contributed by atoms with Crippen molar-refractivity contribution < 1.29 is 4.92 Å². The van der Waals surface area contributed by atoms with Crippen LogP contribution in [0.5, 0.6) is 0 Å². The van der Waals surface area contributed by atoms with Crippen LogP contribution in [0.15, 0.2) is 40.3 Å². The van der Waals surface area contributed by atoms with Crippen LogP contribution in [0.1, 0.15) is 12.6 Å². The van der Waals surface area contributed by atoms with Gasteiger partial charge in [0.05, 0.1) is 4.92 Å². The molecule has 0 bridgehead atoms. The number of anilines is 1. The maximum Gasteiger partial charge on any atom is 0.322 e. The molecule has 6 nitrogen and oxygen atoms in total. The zero-order valence-electron chi connectivity index (χ0n) is 11.2. The maximum atomic E-state index is 11.2. The summed E-state index contributed by atoms with van der Waals surface area (Å²) in [5.41, 5.74) is 0.319. The van der Waals surface area contributed by atoms with Gasteiger partial charge in [-0.2, -0.15) is 4.98 Å². The monoisotopic (exact) mass is 290 g/mol. The SMILES string of the molecule is CCNc1nc(C)c([N+](=O)[O-])c(Sc2ccccc2)n1. The van der Waals surface area contributed by atoms with Gasteiger partial charge in [0.25, 0.3) is 0 Å². The van der Waals surface area contributed by atoms with Gasteiger partial charge in [-0.3, -0.25) is 10.1 Å². The predicted octanol–water partition coefficient (Wildman–Crippen LogP) is 3.28. The first-order valence-electron chi connectivity index (χ1n) is 6.11. The minimum absolute atomic E-state index is 0.0412. The van der Waals surface area contributed by atoms with E-state index in [0.29, 0.717) is 23.2 Å². The summed E-state index contributed by atoms with van der Waals surface area (Å²) in [6.45, 7) is 4.20. The largest absolute Gasteiger partial charge is 0.354 e. The van der Waals surface area contributed by atoms with Crippen LogP contribution in [0, 0.1) is 17.0 Å². The molecule has 1 aromatic heterocycles. The minimum Gasteiger partial charge on any atom is -0.354 e. The van der Waals surface area contributed by atoms with Crippen molar-refractivity contribution in [2.75, 3.05) is 11.9 Å². The average molecular weight is 290 g/mol.